The number of nitrogens with one attached hydrogen (secondary N) is 1. The van der Waals surface area contributed by atoms with Crippen LogP contribution in [-0.4, -0.2) is 17.5 Å². The zero-order chi connectivity index (χ0) is 21.3. The fourth-order valence-electron chi connectivity index (χ4n) is 2.87. The lowest BCUT2D eigenvalue weighted by Gasteiger charge is -2.09. The molecule has 0 radical (unpaired) electrons. The van der Waals surface area contributed by atoms with Gasteiger partial charge in [0.2, 0.25) is 5.89 Å². The average molecular weight is 429 g/mol. The van der Waals surface area contributed by atoms with Crippen molar-refractivity contribution in [2.75, 3.05) is 11.9 Å². The van der Waals surface area contributed by atoms with Crippen LogP contribution in [0, 0.1) is 18.6 Å². The van der Waals surface area contributed by atoms with Crippen molar-refractivity contribution in [2.45, 2.75) is 6.92 Å². The van der Waals surface area contributed by atoms with Crippen LogP contribution >= 0.6 is 11.6 Å². The highest BCUT2D eigenvalue weighted by Gasteiger charge is 2.16. The number of aryl methyl sites for hydroxylation is 1. The first kappa shape index (κ1) is 19.8. The first-order valence-corrected chi connectivity index (χ1v) is 9.32. The molecule has 0 saturated carbocycles. The monoisotopic (exact) mass is 428 g/mol. The second-order valence-electron chi connectivity index (χ2n) is 6.55. The fraction of sp³-hybridized carbons (Fsp3) is 0.0909. The van der Waals surface area contributed by atoms with E-state index in [0.717, 1.165) is 17.7 Å². The first-order chi connectivity index (χ1) is 14.4. The van der Waals surface area contributed by atoms with Crippen LogP contribution in [0.15, 0.2) is 59.0 Å². The minimum Gasteiger partial charge on any atom is -0.483 e. The van der Waals surface area contributed by atoms with Crippen LogP contribution in [0.2, 0.25) is 5.02 Å². The SMILES string of the molecule is Cc1ccccc1OCC(=O)Nc1ccc2oc(-c3cc(F)c(F)cc3Cl)nc2c1. The van der Waals surface area contributed by atoms with Crippen molar-refractivity contribution in [3.05, 3.63) is 76.8 Å². The summed E-state index contributed by atoms with van der Waals surface area (Å²) in [5, 5.41) is 2.69. The number of carbonyl (C=O) groups is 1. The lowest BCUT2D eigenvalue weighted by molar-refractivity contribution is -0.118. The van der Waals surface area contributed by atoms with Gasteiger partial charge in [0, 0.05) is 5.69 Å². The highest BCUT2D eigenvalue weighted by atomic mass is 35.5. The Hall–Kier alpha value is -3.45. The van der Waals surface area contributed by atoms with Gasteiger partial charge in [0.15, 0.2) is 23.8 Å². The van der Waals surface area contributed by atoms with E-state index in [-0.39, 0.29) is 29.0 Å². The van der Waals surface area contributed by atoms with Crippen LogP contribution in [0.25, 0.3) is 22.6 Å². The molecule has 0 spiro atoms. The maximum Gasteiger partial charge on any atom is 0.262 e. The van der Waals surface area contributed by atoms with Crippen LogP contribution in [0.5, 0.6) is 5.75 Å². The molecule has 30 heavy (non-hydrogen) atoms. The molecular weight excluding hydrogens is 414 g/mol. The summed E-state index contributed by atoms with van der Waals surface area (Å²) in [7, 11) is 0. The van der Waals surface area contributed by atoms with E-state index in [4.69, 9.17) is 20.8 Å². The number of carbonyl (C=O) groups excluding carboxylic acids is 1. The zero-order valence-corrected chi connectivity index (χ0v) is 16.5. The summed E-state index contributed by atoms with van der Waals surface area (Å²) in [6, 6.07) is 14.0. The molecule has 5 nitrogen and oxygen atoms in total. The van der Waals surface area contributed by atoms with E-state index < -0.39 is 11.6 Å². The Kier molecular flexibility index (Phi) is 5.37. The Balaban J connectivity index is 1.51. The van der Waals surface area contributed by atoms with Gasteiger partial charge in [-0.15, -0.1) is 0 Å². The Morgan fingerprint density at radius 3 is 2.70 bits per heavy atom. The number of fused-ring (bicyclic) bond motifs is 1. The van der Waals surface area contributed by atoms with Gasteiger partial charge < -0.3 is 14.5 Å². The molecule has 0 saturated heterocycles. The smallest absolute Gasteiger partial charge is 0.262 e. The van der Waals surface area contributed by atoms with E-state index in [2.05, 4.69) is 10.3 Å². The largest absolute Gasteiger partial charge is 0.483 e. The minimum absolute atomic E-state index is 0.0256. The maximum atomic E-state index is 13.6. The number of amides is 1. The number of benzene rings is 3. The van der Waals surface area contributed by atoms with Crippen molar-refractivity contribution in [3.63, 3.8) is 0 Å². The number of oxazole rings is 1. The number of hydrogen-bond donors (Lipinski definition) is 1. The predicted molar refractivity (Wildman–Crippen MR) is 110 cm³/mol. The topological polar surface area (TPSA) is 64.4 Å². The molecule has 8 heteroatoms. The molecule has 4 rings (SSSR count). The molecule has 0 aliphatic heterocycles. The number of halogens is 3. The highest BCUT2D eigenvalue weighted by Crippen LogP contribution is 2.32. The summed E-state index contributed by atoms with van der Waals surface area (Å²) >= 11 is 5.98. The fourth-order valence-corrected chi connectivity index (χ4v) is 3.10. The number of rotatable bonds is 5. The number of para-hydroxylation sites is 1. The molecule has 152 valence electrons. The van der Waals surface area contributed by atoms with Crippen LogP contribution < -0.4 is 10.1 Å². The molecule has 0 bridgehead atoms. The van der Waals surface area contributed by atoms with Crippen molar-refractivity contribution < 1.29 is 22.7 Å². The summed E-state index contributed by atoms with van der Waals surface area (Å²) in [6.07, 6.45) is 0. The van der Waals surface area contributed by atoms with Crippen molar-refractivity contribution in [1.29, 1.82) is 0 Å². The Labute approximate surface area is 175 Å². The molecule has 3 aromatic carbocycles. The molecule has 0 atom stereocenters. The van der Waals surface area contributed by atoms with E-state index in [9.17, 15) is 13.6 Å². The standard InChI is InChI=1S/C22H15ClF2N2O3/c1-12-4-2-3-5-19(12)29-11-21(28)26-13-6-7-20-18(8-13)27-22(30-20)14-9-16(24)17(25)10-15(14)23/h2-10H,11H2,1H3,(H,26,28). The van der Waals surface area contributed by atoms with Crippen molar-refractivity contribution >= 4 is 34.3 Å². The lowest BCUT2D eigenvalue weighted by Crippen LogP contribution is -2.20. The third kappa shape index (κ3) is 4.11. The molecule has 1 N–H and O–H groups in total. The minimum atomic E-state index is -1.06. The summed E-state index contributed by atoms with van der Waals surface area (Å²) in [5.41, 5.74) is 2.36. The molecule has 4 aromatic rings. The summed E-state index contributed by atoms with van der Waals surface area (Å²) in [6.45, 7) is 1.74. The van der Waals surface area contributed by atoms with Crippen molar-refractivity contribution in [2.24, 2.45) is 0 Å². The van der Waals surface area contributed by atoms with E-state index in [1.807, 2.05) is 25.1 Å². The van der Waals surface area contributed by atoms with Gasteiger partial charge in [-0.3, -0.25) is 4.79 Å². The van der Waals surface area contributed by atoms with Crippen molar-refractivity contribution in [3.8, 4) is 17.2 Å². The lowest BCUT2D eigenvalue weighted by atomic mass is 10.2. The summed E-state index contributed by atoms with van der Waals surface area (Å²) in [5.74, 6) is -1.78. The molecule has 1 aromatic heterocycles. The van der Waals surface area contributed by atoms with Gasteiger partial charge in [-0.2, -0.15) is 0 Å². The molecular formula is C22H15ClF2N2O3. The zero-order valence-electron chi connectivity index (χ0n) is 15.7. The highest BCUT2D eigenvalue weighted by molar-refractivity contribution is 6.33. The molecule has 0 unspecified atom stereocenters. The quantitative estimate of drug-likeness (QED) is 0.411. The van der Waals surface area contributed by atoms with Crippen molar-refractivity contribution in [1.82, 2.24) is 4.98 Å². The Morgan fingerprint density at radius 1 is 1.13 bits per heavy atom. The normalized spacial score (nSPS) is 10.9. The third-order valence-corrected chi connectivity index (χ3v) is 4.68. The summed E-state index contributed by atoms with van der Waals surface area (Å²) < 4.78 is 38.0. The Bertz CT molecular complexity index is 1260. The number of aromatic nitrogens is 1. The third-order valence-electron chi connectivity index (χ3n) is 4.36. The first-order valence-electron chi connectivity index (χ1n) is 8.94. The molecule has 0 aliphatic carbocycles. The van der Waals surface area contributed by atoms with Gasteiger partial charge >= 0.3 is 0 Å². The number of anilines is 1. The van der Waals surface area contributed by atoms with Gasteiger partial charge in [0.1, 0.15) is 11.3 Å². The average Bonchev–Trinajstić information content (AvgIpc) is 3.13. The number of hydrogen-bond acceptors (Lipinski definition) is 4. The van der Waals surface area contributed by atoms with Gasteiger partial charge in [-0.25, -0.2) is 13.8 Å². The van der Waals surface area contributed by atoms with E-state index in [1.54, 1.807) is 24.3 Å². The van der Waals surface area contributed by atoms with Gasteiger partial charge in [-0.05, 0) is 48.9 Å². The van der Waals surface area contributed by atoms with Gasteiger partial charge in [0.05, 0.1) is 10.6 Å². The molecule has 1 amide bonds. The van der Waals surface area contributed by atoms with Gasteiger partial charge in [0.25, 0.3) is 5.91 Å². The predicted octanol–water partition coefficient (Wildman–Crippen LogP) is 5.75. The van der Waals surface area contributed by atoms with Crippen LogP contribution in [-0.2, 0) is 4.79 Å². The number of nitrogens with zero attached hydrogens (tertiary/aromatic N) is 1. The van der Waals surface area contributed by atoms with Gasteiger partial charge in [-0.1, -0.05) is 29.8 Å². The second kappa shape index (κ2) is 8.12. The van der Waals surface area contributed by atoms with E-state index in [0.29, 0.717) is 22.5 Å². The van der Waals surface area contributed by atoms with Crippen LogP contribution in [0.4, 0.5) is 14.5 Å². The number of ether oxygens (including phenoxy) is 1. The van der Waals surface area contributed by atoms with E-state index >= 15 is 0 Å². The molecule has 0 fully saturated rings. The maximum absolute atomic E-state index is 13.6. The van der Waals surface area contributed by atoms with Crippen LogP contribution in [0.3, 0.4) is 0 Å². The second-order valence-corrected chi connectivity index (χ2v) is 6.96. The van der Waals surface area contributed by atoms with Crippen LogP contribution in [0.1, 0.15) is 5.56 Å². The molecule has 0 aliphatic rings. The van der Waals surface area contributed by atoms with E-state index in [1.165, 1.54) is 0 Å². The Morgan fingerprint density at radius 2 is 1.90 bits per heavy atom. The molecule has 1 heterocycles. The summed E-state index contributed by atoms with van der Waals surface area (Å²) in [4.78, 5) is 16.5.